The van der Waals surface area contributed by atoms with Crippen molar-refractivity contribution in [2.75, 3.05) is 25.0 Å². The molecule has 2 aromatic rings. The number of ether oxygens (including phenoxy) is 1. The molecular weight excluding hydrogens is 360 g/mol. The number of para-hydroxylation sites is 1. The highest BCUT2D eigenvalue weighted by Gasteiger charge is 2.30. The van der Waals surface area contributed by atoms with Crippen LogP contribution in [0.1, 0.15) is 25.5 Å². The Kier molecular flexibility index (Phi) is 5.87. The lowest BCUT2D eigenvalue weighted by molar-refractivity contribution is -0.121. The lowest BCUT2D eigenvalue weighted by Crippen LogP contribution is -2.44. The molecule has 1 aromatic carbocycles. The SMILES string of the molecule is CCOC(=O)N1CCCC(C(=O)Nc2c(C)n(C)n(-c3ccccc3)c2=O)C1. The van der Waals surface area contributed by atoms with Gasteiger partial charge in [0.15, 0.2) is 0 Å². The Balaban J connectivity index is 1.79. The van der Waals surface area contributed by atoms with Crippen molar-refractivity contribution in [2.45, 2.75) is 26.7 Å². The second-order valence-corrected chi connectivity index (χ2v) is 6.91. The number of amides is 2. The molecule has 2 amide bonds. The molecule has 0 aliphatic carbocycles. The molecule has 1 atom stereocenters. The van der Waals surface area contributed by atoms with Gasteiger partial charge in [0.25, 0.3) is 5.56 Å². The van der Waals surface area contributed by atoms with Crippen molar-refractivity contribution < 1.29 is 14.3 Å². The van der Waals surface area contributed by atoms with Gasteiger partial charge in [0.1, 0.15) is 5.69 Å². The molecule has 0 radical (unpaired) electrons. The fourth-order valence-corrected chi connectivity index (χ4v) is 3.51. The van der Waals surface area contributed by atoms with E-state index < -0.39 is 6.09 Å². The van der Waals surface area contributed by atoms with Gasteiger partial charge in [-0.15, -0.1) is 0 Å². The summed E-state index contributed by atoms with van der Waals surface area (Å²) in [5.74, 6) is -0.623. The number of benzene rings is 1. The molecule has 1 aliphatic rings. The van der Waals surface area contributed by atoms with E-state index in [9.17, 15) is 14.4 Å². The maximum atomic E-state index is 12.9. The van der Waals surface area contributed by atoms with E-state index in [2.05, 4.69) is 5.32 Å². The van der Waals surface area contributed by atoms with Crippen molar-refractivity contribution in [3.63, 3.8) is 0 Å². The molecule has 150 valence electrons. The van der Waals surface area contributed by atoms with Crippen molar-refractivity contribution in [1.29, 1.82) is 0 Å². The van der Waals surface area contributed by atoms with Gasteiger partial charge < -0.3 is 15.0 Å². The van der Waals surface area contributed by atoms with Crippen LogP contribution in [0.2, 0.25) is 0 Å². The number of nitrogens with zero attached hydrogens (tertiary/aromatic N) is 3. The number of rotatable bonds is 4. The molecule has 28 heavy (non-hydrogen) atoms. The van der Waals surface area contributed by atoms with Crippen LogP contribution in [0.4, 0.5) is 10.5 Å². The van der Waals surface area contributed by atoms with E-state index in [1.807, 2.05) is 30.3 Å². The van der Waals surface area contributed by atoms with Gasteiger partial charge in [-0.2, -0.15) is 0 Å². The third-order valence-electron chi connectivity index (χ3n) is 5.12. The third-order valence-corrected chi connectivity index (χ3v) is 5.12. The molecule has 0 saturated carbocycles. The summed E-state index contributed by atoms with van der Waals surface area (Å²) in [7, 11) is 1.78. The van der Waals surface area contributed by atoms with Gasteiger partial charge in [-0.3, -0.25) is 14.3 Å². The third kappa shape index (κ3) is 3.81. The van der Waals surface area contributed by atoms with Crippen molar-refractivity contribution in [3.05, 3.63) is 46.4 Å². The monoisotopic (exact) mass is 386 g/mol. The normalized spacial score (nSPS) is 16.7. The smallest absolute Gasteiger partial charge is 0.409 e. The largest absolute Gasteiger partial charge is 0.450 e. The molecule has 8 nitrogen and oxygen atoms in total. The van der Waals surface area contributed by atoms with Crippen LogP contribution in [-0.2, 0) is 16.6 Å². The highest BCUT2D eigenvalue weighted by Crippen LogP contribution is 2.20. The molecule has 1 aromatic heterocycles. The molecule has 1 aliphatic heterocycles. The van der Waals surface area contributed by atoms with E-state index in [1.54, 1.807) is 30.5 Å². The van der Waals surface area contributed by atoms with Gasteiger partial charge in [0, 0.05) is 20.1 Å². The maximum absolute atomic E-state index is 12.9. The highest BCUT2D eigenvalue weighted by molar-refractivity contribution is 5.93. The van der Waals surface area contributed by atoms with Crippen LogP contribution in [0.25, 0.3) is 5.69 Å². The number of piperidine rings is 1. The fraction of sp³-hybridized carbons (Fsp3) is 0.450. The van der Waals surface area contributed by atoms with Crippen molar-refractivity contribution >= 4 is 17.7 Å². The summed E-state index contributed by atoms with van der Waals surface area (Å²) >= 11 is 0. The van der Waals surface area contributed by atoms with Crippen LogP contribution < -0.4 is 10.9 Å². The quantitative estimate of drug-likeness (QED) is 0.874. The number of hydrogen-bond acceptors (Lipinski definition) is 4. The maximum Gasteiger partial charge on any atom is 0.409 e. The number of nitrogens with one attached hydrogen (secondary N) is 1. The molecule has 0 spiro atoms. The van der Waals surface area contributed by atoms with Gasteiger partial charge >= 0.3 is 6.09 Å². The predicted octanol–water partition coefficient (Wildman–Crippen LogP) is 2.29. The van der Waals surface area contributed by atoms with Crippen LogP contribution in [-0.4, -0.2) is 46.0 Å². The van der Waals surface area contributed by atoms with Crippen LogP contribution in [0, 0.1) is 12.8 Å². The first kappa shape index (κ1) is 19.7. The molecular formula is C20H26N4O4. The van der Waals surface area contributed by atoms with E-state index in [0.29, 0.717) is 31.8 Å². The number of anilines is 1. The Morgan fingerprint density at radius 2 is 1.96 bits per heavy atom. The van der Waals surface area contributed by atoms with Crippen molar-refractivity contribution in [2.24, 2.45) is 13.0 Å². The van der Waals surface area contributed by atoms with Gasteiger partial charge in [-0.1, -0.05) is 18.2 Å². The van der Waals surface area contributed by atoms with Gasteiger partial charge in [-0.25, -0.2) is 9.48 Å². The minimum atomic E-state index is -0.401. The fourth-order valence-electron chi connectivity index (χ4n) is 3.51. The first-order valence-electron chi connectivity index (χ1n) is 9.50. The number of carbonyl (C=O) groups is 2. The molecule has 1 N–H and O–H groups in total. The summed E-state index contributed by atoms with van der Waals surface area (Å²) in [6, 6.07) is 9.27. The van der Waals surface area contributed by atoms with Crippen LogP contribution in [0.15, 0.2) is 35.1 Å². The van der Waals surface area contributed by atoms with Crippen molar-refractivity contribution in [1.82, 2.24) is 14.3 Å². The van der Waals surface area contributed by atoms with E-state index in [-0.39, 0.29) is 23.1 Å². The van der Waals surface area contributed by atoms with E-state index in [4.69, 9.17) is 4.74 Å². The average molecular weight is 386 g/mol. The van der Waals surface area contributed by atoms with Crippen molar-refractivity contribution in [3.8, 4) is 5.69 Å². The summed E-state index contributed by atoms with van der Waals surface area (Å²) in [5, 5.41) is 2.80. The predicted molar refractivity (Wildman–Crippen MR) is 106 cm³/mol. The second-order valence-electron chi connectivity index (χ2n) is 6.91. The Labute approximate surface area is 163 Å². The summed E-state index contributed by atoms with van der Waals surface area (Å²) in [5.41, 5.74) is 1.38. The topological polar surface area (TPSA) is 85.6 Å². The number of aromatic nitrogens is 2. The summed E-state index contributed by atoms with van der Waals surface area (Å²) in [6.45, 7) is 4.72. The Morgan fingerprint density at radius 1 is 1.25 bits per heavy atom. The first-order chi connectivity index (χ1) is 13.4. The molecule has 2 heterocycles. The van der Waals surface area contributed by atoms with Crippen LogP contribution in [0.3, 0.4) is 0 Å². The molecule has 3 rings (SSSR count). The zero-order valence-corrected chi connectivity index (χ0v) is 16.5. The zero-order chi connectivity index (χ0) is 20.3. The summed E-state index contributed by atoms with van der Waals surface area (Å²) in [4.78, 5) is 39.2. The summed E-state index contributed by atoms with van der Waals surface area (Å²) in [6.07, 6.45) is 0.988. The van der Waals surface area contributed by atoms with E-state index in [0.717, 1.165) is 12.1 Å². The number of likely N-dealkylation sites (tertiary alicyclic amines) is 1. The number of hydrogen-bond donors (Lipinski definition) is 1. The molecule has 1 fully saturated rings. The first-order valence-corrected chi connectivity index (χ1v) is 9.50. The van der Waals surface area contributed by atoms with E-state index in [1.165, 1.54) is 4.68 Å². The average Bonchev–Trinajstić information content (AvgIpc) is 2.92. The Morgan fingerprint density at radius 3 is 2.64 bits per heavy atom. The zero-order valence-electron chi connectivity index (χ0n) is 16.5. The van der Waals surface area contributed by atoms with Gasteiger partial charge in [-0.05, 0) is 38.8 Å². The minimum absolute atomic E-state index is 0.250. The van der Waals surface area contributed by atoms with Gasteiger partial charge in [0.05, 0.1) is 23.9 Å². The Bertz CT molecular complexity index is 916. The van der Waals surface area contributed by atoms with E-state index >= 15 is 0 Å². The lowest BCUT2D eigenvalue weighted by Gasteiger charge is -2.31. The van der Waals surface area contributed by atoms with Crippen LogP contribution >= 0.6 is 0 Å². The minimum Gasteiger partial charge on any atom is -0.450 e. The van der Waals surface area contributed by atoms with Crippen LogP contribution in [0.5, 0.6) is 0 Å². The Hall–Kier alpha value is -3.03. The van der Waals surface area contributed by atoms with Gasteiger partial charge in [0.2, 0.25) is 5.91 Å². The second kappa shape index (κ2) is 8.33. The number of carbonyl (C=O) groups excluding carboxylic acids is 2. The standard InChI is InChI=1S/C20H26N4O4/c1-4-28-20(27)23-12-8-9-15(13-23)18(25)21-17-14(2)22(3)24(19(17)26)16-10-6-5-7-11-16/h5-7,10-11,15H,4,8-9,12-13H2,1-3H3,(H,21,25). The molecule has 0 bridgehead atoms. The lowest BCUT2D eigenvalue weighted by atomic mass is 9.97. The molecule has 8 heteroatoms. The highest BCUT2D eigenvalue weighted by atomic mass is 16.6. The molecule has 1 unspecified atom stereocenters. The molecule has 1 saturated heterocycles. The summed E-state index contributed by atoms with van der Waals surface area (Å²) < 4.78 is 8.28.